The van der Waals surface area contributed by atoms with E-state index in [0.29, 0.717) is 0 Å². The normalized spacial score (nSPS) is 2.57. The van der Waals surface area contributed by atoms with Crippen LogP contribution >= 0.6 is 0 Å². The van der Waals surface area contributed by atoms with Crippen molar-refractivity contribution in [3.8, 4) is 0 Å². The fourth-order valence-electron chi connectivity index (χ4n) is 0. The Kier molecular flexibility index (Phi) is 0. The second-order valence-electron chi connectivity index (χ2n) is 0.577. The molecule has 40 valence electrons. The summed E-state index contributed by atoms with van der Waals surface area (Å²) in [7, 11) is 0. The predicted octanol–water partition coefficient (Wildman–Crippen LogP) is 2.50. The predicted molar refractivity (Wildman–Crippen MR) is 29.1 cm³/mol. The molecule has 0 unspecified atom stereocenters. The van der Waals surface area contributed by atoms with E-state index in [0.717, 1.165) is 0 Å². The van der Waals surface area contributed by atoms with E-state index in [4.69, 9.17) is 0 Å². The minimum atomic E-state index is 0. The zero-order chi connectivity index (χ0) is 2.71. The third-order valence-electron chi connectivity index (χ3n) is 0. The van der Waals surface area contributed by atoms with Gasteiger partial charge in [-0.05, 0) is 0 Å². The van der Waals surface area contributed by atoms with Gasteiger partial charge < -0.3 is 6.42 Å². The first-order chi connectivity index (χ1) is 1.41. The van der Waals surface area contributed by atoms with E-state index < -0.39 is 0 Å². The molecule has 0 nitrogen and oxygen atoms in total. The zero-order valence-corrected chi connectivity index (χ0v) is 16.8. The van der Waals surface area contributed by atoms with Crippen LogP contribution in [0.2, 0.25) is 0 Å². The third kappa shape index (κ3) is 4.00. The first-order valence-corrected chi connectivity index (χ1v) is 1.15. The minimum Gasteiger partial charge on any atom is -0.335 e. The van der Waals surface area contributed by atoms with Gasteiger partial charge in [0, 0.05) is 0 Å². The Hall–Kier alpha value is -2.00. The Labute approximate surface area is 36.2 Å². The molecule has 0 aromatic heterocycles. The van der Waals surface area contributed by atoms with Crippen LogP contribution in [-0.4, -0.2) is 0 Å². The first-order valence-electron chi connectivity index (χ1n) is 1.15. The molecule has 0 saturated heterocycles. The summed E-state index contributed by atoms with van der Waals surface area (Å²) in [6, 6.07) is 0. The van der Waals surface area contributed by atoms with E-state index in [-0.39, 0.29) is 14.9 Å². The van der Waals surface area contributed by atoms with Gasteiger partial charge >= 0.3 is 0 Å². The van der Waals surface area contributed by atoms with Crippen LogP contribution in [-0.2, 0) is 0 Å². The van der Waals surface area contributed by atoms with Gasteiger partial charge in [-0.1, -0.05) is 14.9 Å². The van der Waals surface area contributed by atoms with Crippen LogP contribution in [0, 0.1) is 6.42 Å². The molecular formula is C5H15Rf2-. The summed E-state index contributed by atoms with van der Waals surface area (Å²) in [6.07, 6.45) is 2.00. The Morgan fingerprint density at radius 1 is 0.857 bits per heavy atom. The van der Waals surface area contributed by atoms with Crippen molar-refractivity contribution in [3.63, 3.8) is 0 Å². The molecule has 0 amide bonds. The topological polar surface area (TPSA) is 0 Å². The van der Waals surface area contributed by atoms with Gasteiger partial charge in [0.1, 0.15) is 0 Å². The molecule has 2 heteroatoms. The van der Waals surface area contributed by atoms with Gasteiger partial charge in [0.15, 0.2) is 0 Å². The molecule has 0 fully saturated rings. The van der Waals surface area contributed by atoms with Crippen LogP contribution in [0.3, 0.4) is 0 Å². The van der Waals surface area contributed by atoms with E-state index in [1.54, 1.807) is 0 Å². The van der Waals surface area contributed by atoms with Gasteiger partial charge in [0.05, 0.1) is 0 Å². The molecule has 0 bridgehead atoms. The van der Waals surface area contributed by atoms with E-state index >= 15 is 0 Å². The molecule has 0 aliphatic heterocycles. The summed E-state index contributed by atoms with van der Waals surface area (Å²) in [5.74, 6) is 0. The molecule has 0 aromatic rings. The molecule has 0 rings (SSSR count). The average Bonchev–Trinajstić information content (AvgIpc) is 0.918. The Morgan fingerprint density at radius 3 is 0.857 bits per heavy atom. The molecule has 0 atom stereocenters. The molecule has 0 aromatic carbocycles. The van der Waals surface area contributed by atoms with E-state index in [1.165, 1.54) is 0 Å². The maximum Gasteiger partial charge on any atom is 0 e. The molecular weight excluding hydrogens is 594 g/mol. The summed E-state index contributed by atoms with van der Waals surface area (Å²) < 4.78 is 0. The maximum absolute atomic E-state index is 2.00. The van der Waals surface area contributed by atoms with Crippen molar-refractivity contribution in [2.24, 2.45) is 0 Å². The molecule has 7 heavy (non-hydrogen) atoms. The third-order valence-corrected chi connectivity index (χ3v) is 0. The second-order valence-corrected chi connectivity index (χ2v) is 0.577. The second kappa shape index (κ2) is 36.0. The molecule has 0 radical (unpaired) electrons. The van der Waals surface area contributed by atoms with Crippen molar-refractivity contribution in [1.29, 1.82) is 0 Å². The van der Waals surface area contributed by atoms with E-state index in [9.17, 15) is 0 Å². The SMILES string of the molecule is C.C.C[CH-]C.[Rf].[Rf]. The zero-order valence-electron chi connectivity index (χ0n) is 3.99. The smallest absolute Gasteiger partial charge is 0 e. The van der Waals surface area contributed by atoms with Crippen molar-refractivity contribution < 1.29 is 0 Å². The van der Waals surface area contributed by atoms with Crippen molar-refractivity contribution >= 4 is 0 Å². The van der Waals surface area contributed by atoms with Crippen LogP contribution in [0.5, 0.6) is 0 Å². The van der Waals surface area contributed by atoms with Gasteiger partial charge in [-0.3, -0.25) is 0 Å². The van der Waals surface area contributed by atoms with Gasteiger partial charge in [-0.2, -0.15) is 13.8 Å². The number of hydrogen-bond acceptors (Lipinski definition) is 0. The fourth-order valence-corrected chi connectivity index (χ4v) is 0. The molecule has 0 aliphatic rings. The largest absolute Gasteiger partial charge is 0.335 e. The quantitative estimate of drug-likeness (QED) is 0.371. The van der Waals surface area contributed by atoms with Crippen molar-refractivity contribution in [1.82, 2.24) is 0 Å². The minimum absolute atomic E-state index is 0. The van der Waals surface area contributed by atoms with Gasteiger partial charge in [-0.25, -0.2) is 0 Å². The van der Waals surface area contributed by atoms with Crippen molar-refractivity contribution in [2.75, 3.05) is 0 Å². The summed E-state index contributed by atoms with van der Waals surface area (Å²) in [5, 5.41) is 0. The average molecular weight is 609 g/mol. The van der Waals surface area contributed by atoms with E-state index in [2.05, 4.69) is 0 Å². The Balaban J connectivity index is -0.00000000333. The fraction of sp³-hybridized carbons (Fsp3) is 0.800. The molecule has 0 saturated carbocycles. The number of rotatable bonds is 0. The van der Waals surface area contributed by atoms with Crippen molar-refractivity contribution in [3.05, 3.63) is 6.42 Å². The monoisotopic (exact) mass is 609 g/mol. The Morgan fingerprint density at radius 2 is 0.857 bits per heavy atom. The number of hydrogen-bond donors (Lipinski definition) is 0. The molecule has 0 aliphatic carbocycles. The van der Waals surface area contributed by atoms with Crippen LogP contribution in [0.4, 0.5) is 0 Å². The van der Waals surface area contributed by atoms with Crippen LogP contribution in [0.15, 0.2) is 0 Å². The van der Waals surface area contributed by atoms with Gasteiger partial charge in [0.25, 0.3) is 0 Å². The summed E-state index contributed by atoms with van der Waals surface area (Å²) >= 11 is 0. The van der Waals surface area contributed by atoms with Crippen molar-refractivity contribution in [2.45, 2.75) is 28.7 Å². The van der Waals surface area contributed by atoms with Gasteiger partial charge in [0.2, 0.25) is 0 Å². The summed E-state index contributed by atoms with van der Waals surface area (Å²) in [4.78, 5) is 0. The molecule has 0 spiro atoms. The molecule has 0 heterocycles. The summed E-state index contributed by atoms with van der Waals surface area (Å²) in [6.45, 7) is 4.00. The first kappa shape index (κ1) is 0. The van der Waals surface area contributed by atoms with Gasteiger partial charge in [-0.15, -0.1) is 0 Å². The van der Waals surface area contributed by atoms with Crippen LogP contribution in [0.25, 0.3) is 0 Å². The van der Waals surface area contributed by atoms with Crippen LogP contribution < -0.4 is 0 Å². The Bertz CT molecular complexity index is 6.04. The molecule has 0 N–H and O–H groups in total. The van der Waals surface area contributed by atoms with Crippen LogP contribution in [0.1, 0.15) is 28.7 Å². The van der Waals surface area contributed by atoms with E-state index in [1.807, 2.05) is 20.3 Å². The standard InChI is InChI=1S/C3H7.2CH4.2Rf/c1-3-2;;;;/h3H,1-2H3;2*1H4;;/q-1;;;;. The maximum atomic E-state index is 2.00. The summed E-state index contributed by atoms with van der Waals surface area (Å²) in [5.41, 5.74) is 0.